The lowest BCUT2D eigenvalue weighted by molar-refractivity contribution is 0.0947. The van der Waals surface area contributed by atoms with Gasteiger partial charge in [0.1, 0.15) is 11.5 Å². The van der Waals surface area contributed by atoms with Gasteiger partial charge in [-0.3, -0.25) is 4.79 Å². The van der Waals surface area contributed by atoms with Crippen LogP contribution in [0, 0.1) is 5.92 Å². The topological polar surface area (TPSA) is 61.4 Å². The average molecular weight is 305 g/mol. The van der Waals surface area contributed by atoms with Crippen LogP contribution in [0.2, 0.25) is 0 Å². The normalized spacial score (nSPS) is 16.1. The third-order valence-electron chi connectivity index (χ3n) is 4.05. The highest BCUT2D eigenvalue weighted by Gasteiger charge is 2.17. The van der Waals surface area contributed by atoms with Gasteiger partial charge in [-0.05, 0) is 45.8 Å². The maximum atomic E-state index is 12.0. The molecule has 0 atom stereocenters. The molecule has 0 aromatic carbocycles. The van der Waals surface area contributed by atoms with Gasteiger partial charge in [-0.25, -0.2) is 9.97 Å². The number of hydrogen-bond donors (Lipinski definition) is 1. The highest BCUT2D eigenvalue weighted by molar-refractivity contribution is 5.91. The van der Waals surface area contributed by atoms with Crippen molar-refractivity contribution in [1.82, 2.24) is 20.2 Å². The van der Waals surface area contributed by atoms with Crippen LogP contribution in [0.25, 0.3) is 0 Å². The first-order valence-corrected chi connectivity index (χ1v) is 8.06. The van der Waals surface area contributed by atoms with Crippen LogP contribution in [0.5, 0.6) is 0 Å². The molecule has 0 bridgehead atoms. The first-order chi connectivity index (χ1) is 10.6. The third-order valence-corrected chi connectivity index (χ3v) is 4.05. The minimum Gasteiger partial charge on any atom is -0.355 e. The van der Waals surface area contributed by atoms with E-state index in [1.807, 2.05) is 14.1 Å². The fourth-order valence-electron chi connectivity index (χ4n) is 2.53. The molecule has 122 valence electrons. The number of hydrogen-bond acceptors (Lipinski definition) is 5. The van der Waals surface area contributed by atoms with Gasteiger partial charge in [0.05, 0.1) is 12.4 Å². The molecule has 0 aliphatic carbocycles. The number of piperidine rings is 1. The second kappa shape index (κ2) is 8.08. The quantitative estimate of drug-likeness (QED) is 0.805. The zero-order chi connectivity index (χ0) is 15.9. The SMILES string of the molecule is CC1CCN(c2cnc(C(=O)NCCCN(C)C)cn2)CC1. The summed E-state index contributed by atoms with van der Waals surface area (Å²) in [6, 6.07) is 0. The Morgan fingerprint density at radius 2 is 2.05 bits per heavy atom. The van der Waals surface area contributed by atoms with E-state index < -0.39 is 0 Å². The summed E-state index contributed by atoms with van der Waals surface area (Å²) in [6.45, 7) is 5.94. The molecular weight excluding hydrogens is 278 g/mol. The van der Waals surface area contributed by atoms with Crippen LogP contribution in [0.4, 0.5) is 5.82 Å². The fourth-order valence-corrected chi connectivity index (χ4v) is 2.53. The molecule has 2 rings (SSSR count). The van der Waals surface area contributed by atoms with Gasteiger partial charge in [0, 0.05) is 19.6 Å². The molecule has 1 N–H and O–H groups in total. The van der Waals surface area contributed by atoms with Gasteiger partial charge in [0.25, 0.3) is 5.91 Å². The number of carbonyl (C=O) groups excluding carboxylic acids is 1. The number of carbonyl (C=O) groups is 1. The molecule has 1 aromatic heterocycles. The molecule has 1 saturated heterocycles. The zero-order valence-corrected chi connectivity index (χ0v) is 13.9. The average Bonchev–Trinajstić information content (AvgIpc) is 2.52. The summed E-state index contributed by atoms with van der Waals surface area (Å²) in [5.41, 5.74) is 0.388. The Bertz CT molecular complexity index is 466. The third kappa shape index (κ3) is 4.94. The molecule has 2 heterocycles. The molecule has 6 heteroatoms. The predicted molar refractivity (Wildman–Crippen MR) is 88.1 cm³/mol. The molecule has 0 radical (unpaired) electrons. The van der Waals surface area contributed by atoms with Crippen molar-refractivity contribution in [3.63, 3.8) is 0 Å². The molecule has 22 heavy (non-hydrogen) atoms. The van der Waals surface area contributed by atoms with E-state index in [1.54, 1.807) is 12.4 Å². The first kappa shape index (κ1) is 16.7. The molecule has 1 aromatic rings. The van der Waals surface area contributed by atoms with E-state index in [2.05, 4.69) is 32.0 Å². The molecule has 6 nitrogen and oxygen atoms in total. The monoisotopic (exact) mass is 305 g/mol. The molecule has 1 aliphatic heterocycles. The predicted octanol–water partition coefficient (Wildman–Crippen LogP) is 1.39. The Morgan fingerprint density at radius 1 is 1.32 bits per heavy atom. The second-order valence-corrected chi connectivity index (χ2v) is 6.34. The van der Waals surface area contributed by atoms with Crippen molar-refractivity contribution in [3.05, 3.63) is 18.1 Å². The van der Waals surface area contributed by atoms with Gasteiger partial charge in [0.2, 0.25) is 0 Å². The van der Waals surface area contributed by atoms with E-state index in [1.165, 1.54) is 12.8 Å². The summed E-state index contributed by atoms with van der Waals surface area (Å²) in [5.74, 6) is 1.51. The summed E-state index contributed by atoms with van der Waals surface area (Å²) in [5, 5.41) is 2.88. The first-order valence-electron chi connectivity index (χ1n) is 8.06. The van der Waals surface area contributed by atoms with Crippen molar-refractivity contribution >= 4 is 11.7 Å². The largest absolute Gasteiger partial charge is 0.355 e. The van der Waals surface area contributed by atoms with Crippen molar-refractivity contribution in [2.24, 2.45) is 5.92 Å². The summed E-state index contributed by atoms with van der Waals surface area (Å²) in [4.78, 5) is 25.0. The van der Waals surface area contributed by atoms with Crippen molar-refractivity contribution < 1.29 is 4.79 Å². The van der Waals surface area contributed by atoms with Crippen LogP contribution < -0.4 is 10.2 Å². The Morgan fingerprint density at radius 3 is 2.64 bits per heavy atom. The van der Waals surface area contributed by atoms with Gasteiger partial charge in [-0.1, -0.05) is 6.92 Å². The van der Waals surface area contributed by atoms with Gasteiger partial charge < -0.3 is 15.1 Å². The Balaban J connectivity index is 1.82. The minimum absolute atomic E-state index is 0.148. The van der Waals surface area contributed by atoms with Gasteiger partial charge in [-0.15, -0.1) is 0 Å². The van der Waals surface area contributed by atoms with Crippen LogP contribution in [-0.2, 0) is 0 Å². The van der Waals surface area contributed by atoms with Crippen LogP contribution in [0.1, 0.15) is 36.7 Å². The Labute approximate surface area is 132 Å². The number of nitrogens with one attached hydrogen (secondary N) is 1. The molecule has 1 amide bonds. The molecule has 0 saturated carbocycles. The summed E-state index contributed by atoms with van der Waals surface area (Å²) >= 11 is 0. The Hall–Kier alpha value is -1.69. The van der Waals surface area contributed by atoms with E-state index in [4.69, 9.17) is 0 Å². The molecule has 1 aliphatic rings. The lowest BCUT2D eigenvalue weighted by Gasteiger charge is -2.30. The van der Waals surface area contributed by atoms with Gasteiger partial charge in [-0.2, -0.15) is 0 Å². The number of nitrogens with zero attached hydrogens (tertiary/aromatic N) is 4. The lowest BCUT2D eigenvalue weighted by atomic mass is 9.99. The maximum Gasteiger partial charge on any atom is 0.271 e. The zero-order valence-electron chi connectivity index (χ0n) is 13.9. The van der Waals surface area contributed by atoms with Gasteiger partial charge in [0.15, 0.2) is 0 Å². The summed E-state index contributed by atoms with van der Waals surface area (Å²) in [6.07, 6.45) is 6.60. The highest BCUT2D eigenvalue weighted by Crippen LogP contribution is 2.20. The molecule has 1 fully saturated rings. The fraction of sp³-hybridized carbons (Fsp3) is 0.688. The number of anilines is 1. The lowest BCUT2D eigenvalue weighted by Crippen LogP contribution is -2.33. The molecular formula is C16H27N5O. The van der Waals surface area contributed by atoms with E-state index in [0.717, 1.165) is 37.8 Å². The number of amides is 1. The molecule has 0 spiro atoms. The van der Waals surface area contributed by atoms with Crippen LogP contribution in [-0.4, -0.2) is 61.0 Å². The number of aromatic nitrogens is 2. The molecule has 0 unspecified atom stereocenters. The minimum atomic E-state index is -0.148. The summed E-state index contributed by atoms with van der Waals surface area (Å²) in [7, 11) is 4.04. The van der Waals surface area contributed by atoms with E-state index in [0.29, 0.717) is 12.2 Å². The van der Waals surface area contributed by atoms with E-state index in [9.17, 15) is 4.79 Å². The van der Waals surface area contributed by atoms with Gasteiger partial charge >= 0.3 is 0 Å². The van der Waals surface area contributed by atoms with Crippen molar-refractivity contribution in [2.75, 3.05) is 45.2 Å². The standard InChI is InChI=1S/C16H27N5O/c1-13-5-9-21(10-6-13)15-12-18-14(11-19-15)16(22)17-7-4-8-20(2)3/h11-13H,4-10H2,1-3H3,(H,17,22). The van der Waals surface area contributed by atoms with E-state index >= 15 is 0 Å². The van der Waals surface area contributed by atoms with Crippen molar-refractivity contribution in [2.45, 2.75) is 26.2 Å². The van der Waals surface area contributed by atoms with Crippen LogP contribution in [0.15, 0.2) is 12.4 Å². The maximum absolute atomic E-state index is 12.0. The summed E-state index contributed by atoms with van der Waals surface area (Å²) < 4.78 is 0. The van der Waals surface area contributed by atoms with Crippen LogP contribution >= 0.6 is 0 Å². The number of rotatable bonds is 6. The second-order valence-electron chi connectivity index (χ2n) is 6.34. The van der Waals surface area contributed by atoms with E-state index in [-0.39, 0.29) is 5.91 Å². The van der Waals surface area contributed by atoms with Crippen molar-refractivity contribution in [3.8, 4) is 0 Å². The highest BCUT2D eigenvalue weighted by atomic mass is 16.1. The van der Waals surface area contributed by atoms with Crippen molar-refractivity contribution in [1.29, 1.82) is 0 Å². The smallest absolute Gasteiger partial charge is 0.271 e. The Kier molecular flexibility index (Phi) is 6.12. The van der Waals surface area contributed by atoms with Crippen LogP contribution in [0.3, 0.4) is 0 Å².